The molecule has 1 amide bonds. The minimum Gasteiger partial charge on any atom is -0.491 e. The zero-order chi connectivity index (χ0) is 64.3. The van der Waals surface area contributed by atoms with Crippen molar-refractivity contribution in [1.82, 2.24) is 10.3 Å². The van der Waals surface area contributed by atoms with Crippen molar-refractivity contribution in [3.63, 3.8) is 0 Å². The molecule has 0 fully saturated rings. The number of esters is 1. The number of alkyl carbamates (subject to hydrolysis) is 1. The molecule has 5 aliphatic rings. The first-order valence-electron chi connectivity index (χ1n) is 30.9. The summed E-state index contributed by atoms with van der Waals surface area (Å²) < 4.78 is 29.4. The van der Waals surface area contributed by atoms with Crippen molar-refractivity contribution in [1.29, 1.82) is 0 Å². The van der Waals surface area contributed by atoms with Crippen LogP contribution in [0, 0.1) is 5.41 Å². The molecule has 0 saturated carbocycles. The van der Waals surface area contributed by atoms with Crippen LogP contribution in [0.4, 0.5) is 4.79 Å². The molecule has 1 N–H and O–H groups in total. The number of carbonyl (C=O) groups is 2. The number of benzene rings is 11. The summed E-state index contributed by atoms with van der Waals surface area (Å²) in [7, 11) is 0. The van der Waals surface area contributed by atoms with Gasteiger partial charge in [0.1, 0.15) is 37.9 Å². The van der Waals surface area contributed by atoms with Gasteiger partial charge in [-0.15, -0.1) is 11.3 Å². The maximum atomic E-state index is 14.2. The van der Waals surface area contributed by atoms with Gasteiger partial charge < -0.3 is 24.3 Å². The molecule has 18 heteroatoms. The third-order valence-corrected chi connectivity index (χ3v) is 29.8. The fourth-order valence-electron chi connectivity index (χ4n) is 12.2. The van der Waals surface area contributed by atoms with Gasteiger partial charge in [-0.3, -0.25) is 0 Å². The molecule has 0 saturated heterocycles. The van der Waals surface area contributed by atoms with Gasteiger partial charge in [0.05, 0.1) is 22.2 Å². The third-order valence-electron chi connectivity index (χ3n) is 16.8. The van der Waals surface area contributed by atoms with Crippen LogP contribution in [0.25, 0.3) is 65.9 Å². The van der Waals surface area contributed by atoms with Crippen LogP contribution >= 0.6 is 117 Å². The highest BCUT2D eigenvalue weighted by Crippen LogP contribution is 2.61. The van der Waals surface area contributed by atoms with Crippen LogP contribution in [0.2, 0.25) is 0 Å². The first-order chi connectivity index (χ1) is 47.2. The molecule has 0 spiro atoms. The number of rotatable bonds is 13. The zero-order valence-electron chi connectivity index (χ0n) is 50.8. The Labute approximate surface area is 597 Å². The zero-order valence-corrected chi connectivity index (χ0v) is 59.0. The monoisotopic (exact) mass is 1430 g/mol. The summed E-state index contributed by atoms with van der Waals surface area (Å²) in [6.07, 6.45) is 0.429. The number of amides is 1. The van der Waals surface area contributed by atoms with Crippen molar-refractivity contribution in [2.24, 2.45) is 5.41 Å². The van der Waals surface area contributed by atoms with Crippen molar-refractivity contribution >= 4 is 139 Å². The summed E-state index contributed by atoms with van der Waals surface area (Å²) in [5.41, 5.74) is 9.74. The maximum absolute atomic E-state index is 14.2. The number of nitrogens with zero attached hydrogens (tertiary/aromatic N) is 1. The van der Waals surface area contributed by atoms with Crippen LogP contribution in [-0.2, 0) is 14.3 Å². The lowest BCUT2D eigenvalue weighted by molar-refractivity contribution is -0.137. The predicted molar refractivity (Wildman–Crippen MR) is 397 cm³/mol. The van der Waals surface area contributed by atoms with E-state index >= 15 is 0 Å². The Hall–Kier alpha value is -7.46. The lowest BCUT2D eigenvalue weighted by atomic mass is 9.88. The average molecular weight is 1430 g/mol. The van der Waals surface area contributed by atoms with E-state index in [1.807, 2.05) is 65.2 Å². The van der Waals surface area contributed by atoms with E-state index in [1.54, 1.807) is 70.1 Å². The summed E-state index contributed by atoms with van der Waals surface area (Å²) in [4.78, 5) is 50.4. The number of thioether (sulfide) groups is 1. The highest BCUT2D eigenvalue weighted by molar-refractivity contribution is 8.06. The standard InChI is InChI=1S/C78H52N2O6S10/c1-2-69(81)83-36-35-79-76(82)86-43-78(44-87-77-80-55-21-3-4-22-56(55)96-77)41-84-70-51(49-19-15-33-67-74(49)94-63-29-11-7-25-59(63)90-67)37-45(47-17-13-31-65-72(47)92-61-27-9-5-23-57(61)88-65)39-53(70)54-40-46(48-18-14-32-66-73(48)93-62-28-10-6-24-58(62)89-66)38-52(71(54)85-42-78)50-20-16-34-68-75(50)95-64-30-12-8-26-60(64)91-68/h2-34,37-40H,1,35-36,41-44H2,(H,79,82). The first-order valence-corrected chi connectivity index (χ1v) is 39.2. The number of aromatic nitrogens is 1. The van der Waals surface area contributed by atoms with E-state index in [0.717, 1.165) is 95.8 Å². The van der Waals surface area contributed by atoms with Crippen molar-refractivity contribution in [3.8, 4) is 67.1 Å². The second kappa shape index (κ2) is 26.8. The summed E-state index contributed by atoms with van der Waals surface area (Å²) >= 11 is 17.7. The van der Waals surface area contributed by atoms with Crippen LogP contribution in [0.1, 0.15) is 0 Å². The number of hydrogen-bond donors (Lipinski definition) is 1. The number of hydrogen-bond acceptors (Lipinski definition) is 17. The lowest BCUT2D eigenvalue weighted by Gasteiger charge is -2.32. The Morgan fingerprint density at radius 3 is 1.26 bits per heavy atom. The Bertz CT molecular complexity index is 4880. The van der Waals surface area contributed by atoms with Crippen LogP contribution in [-0.4, -0.2) is 55.8 Å². The molecule has 0 unspecified atom stereocenters. The van der Waals surface area contributed by atoms with Gasteiger partial charge >= 0.3 is 12.1 Å². The average Bonchev–Trinajstić information content (AvgIpc) is 0.920. The van der Waals surface area contributed by atoms with Gasteiger partial charge in [0.15, 0.2) is 4.34 Å². The molecule has 0 bridgehead atoms. The van der Waals surface area contributed by atoms with Crippen LogP contribution < -0.4 is 14.8 Å². The maximum Gasteiger partial charge on any atom is 0.407 e. The van der Waals surface area contributed by atoms with Crippen LogP contribution in [0.15, 0.2) is 314 Å². The van der Waals surface area contributed by atoms with E-state index in [-0.39, 0.29) is 33.0 Å². The van der Waals surface area contributed by atoms with Gasteiger partial charge in [0.2, 0.25) is 0 Å². The molecule has 5 aliphatic heterocycles. The molecule has 470 valence electrons. The van der Waals surface area contributed by atoms with Crippen LogP contribution in [0.3, 0.4) is 0 Å². The Morgan fingerprint density at radius 1 is 0.458 bits per heavy atom. The van der Waals surface area contributed by atoms with Crippen LogP contribution in [0.5, 0.6) is 11.5 Å². The Morgan fingerprint density at radius 2 is 0.833 bits per heavy atom. The highest BCUT2D eigenvalue weighted by Gasteiger charge is 2.40. The first kappa shape index (κ1) is 62.1. The summed E-state index contributed by atoms with van der Waals surface area (Å²) in [5.74, 6) is 1.16. The summed E-state index contributed by atoms with van der Waals surface area (Å²) in [5, 5.41) is 2.83. The second-order valence-corrected chi connectivity index (χ2v) is 33.9. The molecule has 0 aliphatic carbocycles. The molecule has 96 heavy (non-hydrogen) atoms. The molecule has 17 rings (SSSR count). The minimum absolute atomic E-state index is 0.0317. The number of fused-ring (bicyclic) bond motifs is 12. The molecule has 6 heterocycles. The SMILES string of the molecule is C=CC(=O)OCCNC(=O)OCC1(CSc2nc3ccccc3s2)COc2c(cc(-c3cccc4c3Sc3ccccc3S4)cc2-c2cccc3c2Sc2ccccc2S3)-c2cc(-c3cccc4c3Sc3ccccc3S4)cc(-c3cccc4c3Sc3ccccc3S4)c2OC1. The molecule has 12 aromatic rings. The summed E-state index contributed by atoms with van der Waals surface area (Å²) in [6.45, 7) is 3.52. The molecule has 8 nitrogen and oxygen atoms in total. The van der Waals surface area contributed by atoms with Gasteiger partial charge in [-0.1, -0.05) is 222 Å². The molecule has 11 aromatic carbocycles. The van der Waals surface area contributed by atoms with Gasteiger partial charge in [-0.05, 0) is 131 Å². The normalized spacial score (nSPS) is 14.2. The van der Waals surface area contributed by atoms with Crippen molar-refractivity contribution in [3.05, 3.63) is 231 Å². The van der Waals surface area contributed by atoms with E-state index in [1.165, 1.54) is 58.7 Å². The van der Waals surface area contributed by atoms with E-state index in [0.29, 0.717) is 17.3 Å². The number of para-hydroxylation sites is 1. The minimum atomic E-state index is -1.04. The van der Waals surface area contributed by atoms with E-state index < -0.39 is 17.5 Å². The molecule has 1 aromatic heterocycles. The fourth-order valence-corrected chi connectivity index (χ4v) is 24.0. The molecular formula is C78H52N2O6S10. The quantitative estimate of drug-likeness (QED) is 0.0513. The molecule has 0 atom stereocenters. The number of carbonyl (C=O) groups excluding carboxylic acids is 2. The fraction of sp³-hybridized carbons (Fsp3) is 0.0897. The van der Waals surface area contributed by atoms with E-state index in [2.05, 4.69) is 212 Å². The van der Waals surface area contributed by atoms with Gasteiger partial charge in [-0.2, -0.15) is 0 Å². The van der Waals surface area contributed by atoms with E-state index in [4.69, 9.17) is 23.9 Å². The van der Waals surface area contributed by atoms with E-state index in [9.17, 15) is 9.59 Å². The van der Waals surface area contributed by atoms with Crippen molar-refractivity contribution in [2.45, 2.75) is 82.7 Å². The largest absolute Gasteiger partial charge is 0.491 e. The number of nitrogens with one attached hydrogen (secondary N) is 1. The number of thiazole rings is 1. The second-order valence-electron chi connectivity index (χ2n) is 23.1. The predicted octanol–water partition coefficient (Wildman–Crippen LogP) is 23.1. The Kier molecular flexibility index (Phi) is 17.3. The smallest absolute Gasteiger partial charge is 0.407 e. The van der Waals surface area contributed by atoms with Gasteiger partial charge in [0, 0.05) is 124 Å². The van der Waals surface area contributed by atoms with Gasteiger partial charge in [0.25, 0.3) is 0 Å². The molecular weight excluding hydrogens is 1380 g/mol. The topological polar surface area (TPSA) is 96.0 Å². The lowest BCUT2D eigenvalue weighted by Crippen LogP contribution is -2.43. The highest BCUT2D eigenvalue weighted by atomic mass is 32.2. The molecule has 0 radical (unpaired) electrons. The Balaban J connectivity index is 0.929. The van der Waals surface area contributed by atoms with Gasteiger partial charge in [-0.25, -0.2) is 14.6 Å². The number of ether oxygens (including phenoxy) is 4. The van der Waals surface area contributed by atoms with Crippen molar-refractivity contribution < 1.29 is 28.5 Å². The third kappa shape index (κ3) is 12.1. The summed E-state index contributed by atoms with van der Waals surface area (Å²) in [6, 6.07) is 78.9. The van der Waals surface area contributed by atoms with Crippen molar-refractivity contribution in [2.75, 3.05) is 38.7 Å².